The molecule has 0 spiro atoms. The Hall–Kier alpha value is -2.48. The van der Waals surface area contributed by atoms with E-state index in [0.717, 1.165) is 48.5 Å². The van der Waals surface area contributed by atoms with Crippen LogP contribution in [0.4, 0.5) is 5.82 Å². The summed E-state index contributed by atoms with van der Waals surface area (Å²) in [6.07, 6.45) is 1.06. The fourth-order valence-corrected chi connectivity index (χ4v) is 4.69. The number of aromatic nitrogens is 2. The van der Waals surface area contributed by atoms with E-state index < -0.39 is 5.63 Å². The van der Waals surface area contributed by atoms with Crippen LogP contribution in [0, 0.1) is 0 Å². The van der Waals surface area contributed by atoms with Crippen molar-refractivity contribution in [3.63, 3.8) is 0 Å². The minimum Gasteiger partial charge on any atom is -0.403 e. The first-order valence-corrected chi connectivity index (χ1v) is 10.3. The molecule has 1 fully saturated rings. The van der Waals surface area contributed by atoms with E-state index in [4.69, 9.17) is 16.0 Å². The number of halogens is 1. The molecule has 1 aliphatic rings. The Kier molecular flexibility index (Phi) is 4.50. The zero-order valence-electron chi connectivity index (χ0n) is 14.9. The zero-order chi connectivity index (χ0) is 19.1. The molecule has 0 unspecified atom stereocenters. The molecule has 28 heavy (non-hydrogen) atoms. The smallest absolute Gasteiger partial charge is 0.347 e. The third kappa shape index (κ3) is 3.15. The van der Waals surface area contributed by atoms with Crippen LogP contribution in [0.15, 0.2) is 45.6 Å². The van der Waals surface area contributed by atoms with Gasteiger partial charge in [0.25, 0.3) is 0 Å². The third-order valence-electron chi connectivity index (χ3n) is 4.85. The lowest BCUT2D eigenvalue weighted by Gasteiger charge is -2.20. The summed E-state index contributed by atoms with van der Waals surface area (Å²) in [5.74, 6) is 0.832. The van der Waals surface area contributed by atoms with Gasteiger partial charge in [-0.05, 0) is 43.3 Å². The maximum Gasteiger partial charge on any atom is 0.347 e. The van der Waals surface area contributed by atoms with Gasteiger partial charge in [0, 0.05) is 25.0 Å². The summed E-state index contributed by atoms with van der Waals surface area (Å²) in [6.45, 7) is 3.74. The first-order chi connectivity index (χ1) is 13.7. The van der Waals surface area contributed by atoms with Crippen LogP contribution >= 0.6 is 22.9 Å². The largest absolute Gasteiger partial charge is 0.403 e. The van der Waals surface area contributed by atoms with Crippen molar-refractivity contribution < 1.29 is 4.42 Å². The molecule has 3 aromatic heterocycles. The molecule has 0 radical (unpaired) electrons. The van der Waals surface area contributed by atoms with Crippen molar-refractivity contribution in [3.05, 3.63) is 51.8 Å². The van der Waals surface area contributed by atoms with Crippen molar-refractivity contribution in [2.24, 2.45) is 0 Å². The van der Waals surface area contributed by atoms with Crippen molar-refractivity contribution in [1.29, 1.82) is 0 Å². The molecule has 1 aromatic carbocycles. The van der Waals surface area contributed by atoms with Crippen molar-refractivity contribution in [3.8, 4) is 10.6 Å². The number of hydrogen-bond acceptors (Lipinski definition) is 7. The summed E-state index contributed by atoms with van der Waals surface area (Å²) < 4.78 is 6.50. The van der Waals surface area contributed by atoms with Gasteiger partial charge in [0.05, 0.1) is 15.3 Å². The highest BCUT2D eigenvalue weighted by atomic mass is 35.5. The number of benzene rings is 1. The number of pyridine rings is 1. The van der Waals surface area contributed by atoms with Crippen LogP contribution in [-0.2, 0) is 0 Å². The van der Waals surface area contributed by atoms with Gasteiger partial charge in [0.1, 0.15) is 16.3 Å². The Morgan fingerprint density at radius 1 is 1.14 bits per heavy atom. The van der Waals surface area contributed by atoms with Crippen LogP contribution < -0.4 is 15.8 Å². The van der Waals surface area contributed by atoms with Gasteiger partial charge >= 0.3 is 5.63 Å². The SMILES string of the molecule is O=c1oc2nc(N3CCCNCC3)ccc2cc1-c1nc2c(Cl)cccc2s1. The number of fused-ring (bicyclic) bond motifs is 2. The first kappa shape index (κ1) is 17.6. The van der Waals surface area contributed by atoms with Gasteiger partial charge < -0.3 is 14.6 Å². The lowest BCUT2D eigenvalue weighted by molar-refractivity contribution is 0.551. The zero-order valence-corrected chi connectivity index (χ0v) is 16.5. The summed E-state index contributed by atoms with van der Waals surface area (Å²) >= 11 is 7.64. The van der Waals surface area contributed by atoms with Crippen LogP contribution in [0.2, 0.25) is 5.02 Å². The number of thiazole rings is 1. The Labute approximate surface area is 169 Å². The number of nitrogens with zero attached hydrogens (tertiary/aromatic N) is 3. The van der Waals surface area contributed by atoms with E-state index in [1.54, 1.807) is 12.1 Å². The van der Waals surface area contributed by atoms with Gasteiger partial charge in [-0.15, -0.1) is 11.3 Å². The van der Waals surface area contributed by atoms with Crippen LogP contribution in [0.25, 0.3) is 31.9 Å². The summed E-state index contributed by atoms with van der Waals surface area (Å²) in [4.78, 5) is 24.0. The first-order valence-electron chi connectivity index (χ1n) is 9.15. The Bertz CT molecular complexity index is 1230. The monoisotopic (exact) mass is 412 g/mol. The molecule has 0 saturated carbocycles. The van der Waals surface area contributed by atoms with Gasteiger partial charge in [-0.1, -0.05) is 17.7 Å². The van der Waals surface area contributed by atoms with E-state index in [1.165, 1.54) is 11.3 Å². The molecule has 6 nitrogen and oxygen atoms in total. The van der Waals surface area contributed by atoms with E-state index in [2.05, 4.69) is 20.2 Å². The maximum atomic E-state index is 12.6. The molecule has 0 amide bonds. The van der Waals surface area contributed by atoms with Crippen molar-refractivity contribution in [1.82, 2.24) is 15.3 Å². The topological polar surface area (TPSA) is 71.3 Å². The fourth-order valence-electron chi connectivity index (χ4n) is 3.42. The number of para-hydroxylation sites is 1. The normalized spacial score (nSPS) is 15.2. The Morgan fingerprint density at radius 3 is 2.96 bits per heavy atom. The van der Waals surface area contributed by atoms with Gasteiger partial charge in [-0.25, -0.2) is 9.78 Å². The van der Waals surface area contributed by atoms with Crippen molar-refractivity contribution >= 4 is 50.1 Å². The maximum absolute atomic E-state index is 12.6. The van der Waals surface area contributed by atoms with E-state index in [-0.39, 0.29) is 0 Å². The molecule has 4 heterocycles. The molecule has 4 aromatic rings. The molecule has 1 N–H and O–H groups in total. The lowest BCUT2D eigenvalue weighted by atomic mass is 10.2. The molecule has 0 atom stereocenters. The highest BCUT2D eigenvalue weighted by molar-refractivity contribution is 7.21. The Morgan fingerprint density at radius 2 is 2.07 bits per heavy atom. The predicted octanol–water partition coefficient (Wildman–Crippen LogP) is 3.92. The summed E-state index contributed by atoms with van der Waals surface area (Å²) in [7, 11) is 0. The van der Waals surface area contributed by atoms with Crippen LogP contribution in [0.1, 0.15) is 6.42 Å². The number of rotatable bonds is 2. The molecular formula is C20H17ClN4O2S. The van der Waals surface area contributed by atoms with Crippen molar-refractivity contribution in [2.45, 2.75) is 6.42 Å². The molecule has 142 valence electrons. The van der Waals surface area contributed by atoms with Crippen LogP contribution in [-0.4, -0.2) is 36.1 Å². The van der Waals surface area contributed by atoms with Crippen molar-refractivity contribution in [2.75, 3.05) is 31.1 Å². The van der Waals surface area contributed by atoms with Crippen LogP contribution in [0.3, 0.4) is 0 Å². The molecular weight excluding hydrogens is 396 g/mol. The van der Waals surface area contributed by atoms with Crippen LogP contribution in [0.5, 0.6) is 0 Å². The average molecular weight is 413 g/mol. The van der Waals surface area contributed by atoms with Gasteiger partial charge in [-0.3, -0.25) is 0 Å². The van der Waals surface area contributed by atoms with E-state index in [0.29, 0.717) is 26.8 Å². The Balaban J connectivity index is 1.57. The second-order valence-electron chi connectivity index (χ2n) is 6.71. The predicted molar refractivity (Wildman–Crippen MR) is 114 cm³/mol. The van der Waals surface area contributed by atoms with Gasteiger partial charge in [0.15, 0.2) is 0 Å². The number of nitrogens with one attached hydrogen (secondary N) is 1. The quantitative estimate of drug-likeness (QED) is 0.538. The molecule has 1 saturated heterocycles. The fraction of sp³-hybridized carbons (Fsp3) is 0.250. The van der Waals surface area contributed by atoms with E-state index in [1.807, 2.05) is 24.3 Å². The number of hydrogen-bond donors (Lipinski definition) is 1. The van der Waals surface area contributed by atoms with E-state index >= 15 is 0 Å². The van der Waals surface area contributed by atoms with Gasteiger partial charge in [-0.2, -0.15) is 4.98 Å². The minimum atomic E-state index is -0.440. The molecule has 5 rings (SSSR count). The highest BCUT2D eigenvalue weighted by Crippen LogP contribution is 2.33. The van der Waals surface area contributed by atoms with Gasteiger partial charge in [0.2, 0.25) is 5.71 Å². The molecule has 0 bridgehead atoms. The number of anilines is 1. The van der Waals surface area contributed by atoms with E-state index in [9.17, 15) is 4.79 Å². The standard InChI is InChI=1S/C20H17ClN4O2S/c21-14-3-1-4-15-17(14)24-19(28-15)13-11-12-5-6-16(23-18(12)27-20(13)26)25-9-2-7-22-8-10-25/h1,3-6,11,22H,2,7-10H2. The lowest BCUT2D eigenvalue weighted by Crippen LogP contribution is -2.28. The summed E-state index contributed by atoms with van der Waals surface area (Å²) in [6, 6.07) is 11.3. The minimum absolute atomic E-state index is 0.350. The second kappa shape index (κ2) is 7.16. The third-order valence-corrected chi connectivity index (χ3v) is 6.21. The molecule has 0 aliphatic carbocycles. The summed E-state index contributed by atoms with van der Waals surface area (Å²) in [5.41, 5.74) is 1.04. The average Bonchev–Trinajstić information content (AvgIpc) is 2.95. The highest BCUT2D eigenvalue weighted by Gasteiger charge is 2.16. The molecule has 8 heteroatoms. The second-order valence-corrected chi connectivity index (χ2v) is 8.15. The molecule has 1 aliphatic heterocycles. The summed E-state index contributed by atoms with van der Waals surface area (Å²) in [5, 5.41) is 5.32.